The van der Waals surface area contributed by atoms with Gasteiger partial charge in [-0.1, -0.05) is 6.07 Å². The molecule has 0 radical (unpaired) electrons. The topological polar surface area (TPSA) is 65.8 Å². The Morgan fingerprint density at radius 1 is 1.27 bits per heavy atom. The van der Waals surface area contributed by atoms with Gasteiger partial charge in [-0.2, -0.15) is 0 Å². The molecule has 3 aromatic rings. The molecule has 136 valence electrons. The molecule has 0 bridgehead atoms. The van der Waals surface area contributed by atoms with Crippen molar-refractivity contribution in [3.8, 4) is 0 Å². The van der Waals surface area contributed by atoms with E-state index in [1.165, 1.54) is 0 Å². The Labute approximate surface area is 156 Å². The number of carbonyl (C=O) groups excluding carboxylic acids is 1. The van der Waals surface area contributed by atoms with Crippen LogP contribution in [0.1, 0.15) is 11.3 Å². The van der Waals surface area contributed by atoms with E-state index in [4.69, 9.17) is 0 Å². The minimum absolute atomic E-state index is 0.0288. The SMILES string of the molecule is CN1CCN(c2ccc(CNC(=O)Cc3cn4ccsc4n3)cn2)CC1. The average molecular weight is 370 g/mol. The number of nitrogens with one attached hydrogen (secondary N) is 1. The van der Waals surface area contributed by atoms with Crippen LogP contribution in [-0.2, 0) is 17.8 Å². The van der Waals surface area contributed by atoms with E-state index in [1.54, 1.807) is 11.3 Å². The molecule has 1 N–H and O–H groups in total. The summed E-state index contributed by atoms with van der Waals surface area (Å²) in [7, 11) is 2.14. The molecule has 4 rings (SSSR count). The van der Waals surface area contributed by atoms with Gasteiger partial charge >= 0.3 is 0 Å². The molecule has 7 nitrogen and oxygen atoms in total. The number of fused-ring (bicyclic) bond motifs is 1. The van der Waals surface area contributed by atoms with Gasteiger partial charge < -0.3 is 15.1 Å². The second-order valence-electron chi connectivity index (χ2n) is 6.59. The fourth-order valence-corrected chi connectivity index (χ4v) is 3.75. The van der Waals surface area contributed by atoms with Gasteiger partial charge in [0, 0.05) is 56.7 Å². The van der Waals surface area contributed by atoms with Crippen LogP contribution in [0.4, 0.5) is 5.82 Å². The zero-order valence-electron chi connectivity index (χ0n) is 14.8. The highest BCUT2D eigenvalue weighted by molar-refractivity contribution is 7.15. The Morgan fingerprint density at radius 2 is 2.12 bits per heavy atom. The van der Waals surface area contributed by atoms with Gasteiger partial charge in [0.2, 0.25) is 5.91 Å². The number of aromatic nitrogens is 3. The average Bonchev–Trinajstić information content (AvgIpc) is 3.23. The monoisotopic (exact) mass is 370 g/mol. The highest BCUT2D eigenvalue weighted by atomic mass is 32.1. The lowest BCUT2D eigenvalue weighted by molar-refractivity contribution is -0.120. The zero-order valence-corrected chi connectivity index (χ0v) is 15.6. The van der Waals surface area contributed by atoms with Gasteiger partial charge in [-0.25, -0.2) is 9.97 Å². The minimum Gasteiger partial charge on any atom is -0.354 e. The van der Waals surface area contributed by atoms with Gasteiger partial charge in [0.15, 0.2) is 4.96 Å². The van der Waals surface area contributed by atoms with Gasteiger partial charge in [0.05, 0.1) is 12.1 Å². The molecule has 0 spiro atoms. The molecule has 0 saturated carbocycles. The van der Waals surface area contributed by atoms with E-state index in [2.05, 4.69) is 32.1 Å². The molecule has 0 atom stereocenters. The summed E-state index contributed by atoms with van der Waals surface area (Å²) in [4.78, 5) is 26.7. The second kappa shape index (κ2) is 7.43. The number of hydrogen-bond donors (Lipinski definition) is 1. The van der Waals surface area contributed by atoms with Crippen LogP contribution < -0.4 is 10.2 Å². The van der Waals surface area contributed by atoms with E-state index >= 15 is 0 Å². The molecule has 0 aliphatic carbocycles. The number of nitrogens with zero attached hydrogens (tertiary/aromatic N) is 5. The highest BCUT2D eigenvalue weighted by Crippen LogP contribution is 2.14. The van der Waals surface area contributed by atoms with E-state index in [0.717, 1.165) is 48.2 Å². The van der Waals surface area contributed by atoms with Crippen molar-refractivity contribution < 1.29 is 4.79 Å². The quantitative estimate of drug-likeness (QED) is 0.735. The first-order valence-electron chi connectivity index (χ1n) is 8.73. The Bertz CT molecular complexity index is 850. The summed E-state index contributed by atoms with van der Waals surface area (Å²) in [5, 5.41) is 4.92. The van der Waals surface area contributed by atoms with Crippen LogP contribution in [0, 0.1) is 0 Å². The Kier molecular flexibility index (Phi) is 4.85. The number of carbonyl (C=O) groups is 1. The lowest BCUT2D eigenvalue weighted by Gasteiger charge is -2.33. The van der Waals surface area contributed by atoms with Crippen molar-refractivity contribution in [2.24, 2.45) is 0 Å². The second-order valence-corrected chi connectivity index (χ2v) is 7.47. The van der Waals surface area contributed by atoms with Crippen LogP contribution in [0.3, 0.4) is 0 Å². The largest absolute Gasteiger partial charge is 0.354 e. The number of amides is 1. The first-order chi connectivity index (χ1) is 12.7. The number of hydrogen-bond acceptors (Lipinski definition) is 6. The number of imidazole rings is 1. The van der Waals surface area contributed by atoms with Gasteiger partial charge in [0.25, 0.3) is 0 Å². The maximum absolute atomic E-state index is 12.1. The molecular formula is C18H22N6OS. The van der Waals surface area contributed by atoms with E-state index < -0.39 is 0 Å². The summed E-state index contributed by atoms with van der Waals surface area (Å²) < 4.78 is 1.94. The first kappa shape index (κ1) is 17.0. The van der Waals surface area contributed by atoms with Crippen LogP contribution >= 0.6 is 11.3 Å². The fourth-order valence-electron chi connectivity index (χ4n) is 3.03. The van der Waals surface area contributed by atoms with E-state index in [0.29, 0.717) is 13.0 Å². The molecule has 0 aromatic carbocycles. The molecule has 1 amide bonds. The third kappa shape index (κ3) is 3.86. The molecule has 8 heteroatoms. The van der Waals surface area contributed by atoms with Crippen molar-refractivity contribution in [3.63, 3.8) is 0 Å². The van der Waals surface area contributed by atoms with Crippen molar-refractivity contribution in [2.45, 2.75) is 13.0 Å². The Morgan fingerprint density at radius 3 is 2.85 bits per heavy atom. The van der Waals surface area contributed by atoms with Gasteiger partial charge in [0.1, 0.15) is 5.82 Å². The van der Waals surface area contributed by atoms with E-state index in [1.807, 2.05) is 40.5 Å². The summed E-state index contributed by atoms with van der Waals surface area (Å²) in [6, 6.07) is 4.07. The predicted molar refractivity (Wildman–Crippen MR) is 103 cm³/mol. The summed E-state index contributed by atoms with van der Waals surface area (Å²) in [6.45, 7) is 4.61. The minimum atomic E-state index is -0.0288. The molecule has 1 aliphatic rings. The van der Waals surface area contributed by atoms with Gasteiger partial charge in [-0.15, -0.1) is 11.3 Å². The maximum Gasteiger partial charge on any atom is 0.226 e. The number of rotatable bonds is 5. The number of pyridine rings is 1. The van der Waals surface area contributed by atoms with Crippen molar-refractivity contribution in [1.82, 2.24) is 24.6 Å². The van der Waals surface area contributed by atoms with E-state index in [9.17, 15) is 4.79 Å². The van der Waals surface area contributed by atoms with Gasteiger partial charge in [-0.05, 0) is 18.7 Å². The lowest BCUT2D eigenvalue weighted by Crippen LogP contribution is -2.44. The molecule has 1 aliphatic heterocycles. The summed E-state index contributed by atoms with van der Waals surface area (Å²) in [6.07, 6.45) is 5.99. The lowest BCUT2D eigenvalue weighted by atomic mass is 10.2. The van der Waals surface area contributed by atoms with Gasteiger partial charge in [-0.3, -0.25) is 9.20 Å². The molecular weight excluding hydrogens is 348 g/mol. The fraction of sp³-hybridized carbons (Fsp3) is 0.389. The third-order valence-corrected chi connectivity index (χ3v) is 5.38. The predicted octanol–water partition coefficient (Wildman–Crippen LogP) is 1.40. The van der Waals surface area contributed by atoms with Crippen molar-refractivity contribution >= 4 is 28.0 Å². The van der Waals surface area contributed by atoms with Crippen molar-refractivity contribution in [2.75, 3.05) is 38.1 Å². The number of anilines is 1. The summed E-state index contributed by atoms with van der Waals surface area (Å²) in [5.74, 6) is 0.977. The van der Waals surface area contributed by atoms with Crippen LogP contribution in [0.25, 0.3) is 4.96 Å². The summed E-state index contributed by atoms with van der Waals surface area (Å²) >= 11 is 1.56. The summed E-state index contributed by atoms with van der Waals surface area (Å²) in [5.41, 5.74) is 1.79. The molecule has 3 aromatic heterocycles. The highest BCUT2D eigenvalue weighted by Gasteiger charge is 2.15. The number of piperazine rings is 1. The standard InChI is InChI=1S/C18H22N6OS/c1-22-4-6-23(7-5-22)16-3-2-14(11-19-16)12-20-17(25)10-15-13-24-8-9-26-18(24)21-15/h2-3,8-9,11,13H,4-7,10,12H2,1H3,(H,20,25). The van der Waals surface area contributed by atoms with Crippen molar-refractivity contribution in [3.05, 3.63) is 47.4 Å². The normalized spacial score (nSPS) is 15.5. The molecule has 1 saturated heterocycles. The first-order valence-corrected chi connectivity index (χ1v) is 9.61. The number of thiazole rings is 1. The molecule has 0 unspecified atom stereocenters. The Balaban J connectivity index is 1.28. The zero-order chi connectivity index (χ0) is 17.9. The van der Waals surface area contributed by atoms with Crippen molar-refractivity contribution in [1.29, 1.82) is 0 Å². The maximum atomic E-state index is 12.1. The van der Waals surface area contributed by atoms with Crippen LogP contribution in [0.15, 0.2) is 36.1 Å². The molecule has 26 heavy (non-hydrogen) atoms. The van der Waals surface area contributed by atoms with E-state index in [-0.39, 0.29) is 5.91 Å². The smallest absolute Gasteiger partial charge is 0.226 e. The van der Waals surface area contributed by atoms with Crippen LogP contribution in [0.5, 0.6) is 0 Å². The molecule has 4 heterocycles. The molecule has 1 fully saturated rings. The Hall–Kier alpha value is -2.45. The van der Waals surface area contributed by atoms with Crippen LogP contribution in [-0.4, -0.2) is 58.4 Å². The third-order valence-electron chi connectivity index (χ3n) is 4.61. The van der Waals surface area contributed by atoms with Crippen LogP contribution in [0.2, 0.25) is 0 Å². The number of likely N-dealkylation sites (N-methyl/N-ethyl adjacent to an activating group) is 1.